The minimum Gasteiger partial charge on any atom is -0.465 e. The van der Waals surface area contributed by atoms with E-state index in [1.54, 1.807) is 0 Å². The van der Waals surface area contributed by atoms with Crippen LogP contribution in [0.2, 0.25) is 0 Å². The topological polar surface area (TPSA) is 58.1 Å². The quantitative estimate of drug-likeness (QED) is 0.687. The molecule has 0 aromatic carbocycles. The fraction of sp³-hybridized carbons (Fsp3) is 0.778. The van der Waals surface area contributed by atoms with Gasteiger partial charge in [-0.3, -0.25) is 14.6 Å². The summed E-state index contributed by atoms with van der Waals surface area (Å²) in [5.41, 5.74) is 0. The summed E-state index contributed by atoms with van der Waals surface area (Å²) >= 11 is 1.81. The van der Waals surface area contributed by atoms with E-state index in [-0.39, 0.29) is 5.97 Å². The van der Waals surface area contributed by atoms with Crippen LogP contribution in [0.3, 0.4) is 0 Å². The van der Waals surface area contributed by atoms with Crippen molar-refractivity contribution in [2.75, 3.05) is 57.4 Å². The molecule has 0 aliphatic carbocycles. The van der Waals surface area contributed by atoms with Crippen LogP contribution in [-0.4, -0.2) is 85.4 Å². The first-order chi connectivity index (χ1) is 12.7. The third-order valence-corrected chi connectivity index (χ3v) is 6.67. The predicted octanol–water partition coefficient (Wildman–Crippen LogP) is 1.19. The van der Waals surface area contributed by atoms with Gasteiger partial charge in [0.05, 0.1) is 26.4 Å². The molecule has 0 saturated carbocycles. The lowest BCUT2D eigenvalue weighted by Crippen LogP contribution is -2.39. The molecule has 2 atom stereocenters. The van der Waals surface area contributed by atoms with Crippen LogP contribution in [0.25, 0.3) is 0 Å². The molecule has 26 heavy (non-hydrogen) atoms. The first-order valence-electron chi connectivity index (χ1n) is 9.65. The maximum atomic E-state index is 11.8. The minimum atomic E-state index is -0.0933. The number of hydrogen-bond acceptors (Lipinski definition) is 8. The van der Waals surface area contributed by atoms with Crippen molar-refractivity contribution in [2.45, 2.75) is 38.4 Å². The normalized spacial score (nSPS) is 27.0. The summed E-state index contributed by atoms with van der Waals surface area (Å²) in [4.78, 5) is 25.0. The second kappa shape index (κ2) is 8.21. The molecule has 7 nitrogen and oxygen atoms in total. The molecular weight excluding hydrogens is 352 g/mol. The Morgan fingerprint density at radius 3 is 2.73 bits per heavy atom. The maximum absolute atomic E-state index is 11.8. The summed E-state index contributed by atoms with van der Waals surface area (Å²) in [5.74, 6) is -0.0933. The van der Waals surface area contributed by atoms with E-state index in [0.29, 0.717) is 25.2 Å². The number of morpholine rings is 1. The number of ether oxygens (including phenoxy) is 2. The van der Waals surface area contributed by atoms with E-state index >= 15 is 0 Å². The lowest BCUT2D eigenvalue weighted by atomic mass is 10.1. The first-order valence-corrected chi connectivity index (χ1v) is 10.5. The zero-order chi connectivity index (χ0) is 17.9. The summed E-state index contributed by atoms with van der Waals surface area (Å²) in [6, 6.07) is 1.05. The standard InChI is InChI=1S/C18H28N4O3S/c1-2-25-17(23)13-22-6-4-15-16(22)3-5-21(15)12-14-11-19-18(26-14)20-7-9-24-10-8-20/h11,15-16H,2-10,12-13H2,1H3/t15-,16-/m0/s1. The lowest BCUT2D eigenvalue weighted by molar-refractivity contribution is -0.144. The van der Waals surface area contributed by atoms with Gasteiger partial charge in [0, 0.05) is 55.9 Å². The number of anilines is 1. The van der Waals surface area contributed by atoms with Crippen LogP contribution in [0.1, 0.15) is 24.6 Å². The van der Waals surface area contributed by atoms with E-state index in [0.717, 1.165) is 63.9 Å². The highest BCUT2D eigenvalue weighted by atomic mass is 32.1. The van der Waals surface area contributed by atoms with Gasteiger partial charge in [0.15, 0.2) is 5.13 Å². The molecule has 1 aromatic heterocycles. The van der Waals surface area contributed by atoms with Crippen LogP contribution < -0.4 is 4.90 Å². The zero-order valence-electron chi connectivity index (χ0n) is 15.4. The van der Waals surface area contributed by atoms with Crippen LogP contribution in [0.4, 0.5) is 5.13 Å². The minimum absolute atomic E-state index is 0.0933. The maximum Gasteiger partial charge on any atom is 0.320 e. The molecule has 144 valence electrons. The number of rotatable bonds is 6. The summed E-state index contributed by atoms with van der Waals surface area (Å²) < 4.78 is 10.5. The fourth-order valence-corrected chi connectivity index (χ4v) is 5.39. The molecule has 1 aromatic rings. The van der Waals surface area contributed by atoms with Crippen molar-refractivity contribution in [3.63, 3.8) is 0 Å². The third-order valence-electron chi connectivity index (χ3n) is 5.63. The van der Waals surface area contributed by atoms with Crippen molar-refractivity contribution >= 4 is 22.4 Å². The number of carbonyl (C=O) groups is 1. The molecule has 3 aliphatic heterocycles. The van der Waals surface area contributed by atoms with Crippen LogP contribution in [-0.2, 0) is 20.8 Å². The Morgan fingerprint density at radius 1 is 1.23 bits per heavy atom. The number of esters is 1. The van der Waals surface area contributed by atoms with E-state index in [4.69, 9.17) is 9.47 Å². The molecule has 3 fully saturated rings. The summed E-state index contributed by atoms with van der Waals surface area (Å²) in [6.07, 6.45) is 4.31. The van der Waals surface area contributed by atoms with Gasteiger partial charge in [-0.15, -0.1) is 11.3 Å². The Balaban J connectivity index is 1.33. The highest BCUT2D eigenvalue weighted by Gasteiger charge is 2.43. The predicted molar refractivity (Wildman–Crippen MR) is 101 cm³/mol. The largest absolute Gasteiger partial charge is 0.465 e. The van der Waals surface area contributed by atoms with Crippen LogP contribution in [0.15, 0.2) is 6.20 Å². The van der Waals surface area contributed by atoms with E-state index < -0.39 is 0 Å². The van der Waals surface area contributed by atoms with Crippen LogP contribution in [0, 0.1) is 0 Å². The van der Waals surface area contributed by atoms with Gasteiger partial charge in [-0.1, -0.05) is 0 Å². The van der Waals surface area contributed by atoms with Crippen molar-refractivity contribution in [1.29, 1.82) is 0 Å². The van der Waals surface area contributed by atoms with Crippen molar-refractivity contribution in [3.8, 4) is 0 Å². The van der Waals surface area contributed by atoms with E-state index in [1.807, 2.05) is 24.5 Å². The van der Waals surface area contributed by atoms with Gasteiger partial charge < -0.3 is 14.4 Å². The van der Waals surface area contributed by atoms with Gasteiger partial charge in [-0.05, 0) is 19.8 Å². The SMILES string of the molecule is CCOC(=O)CN1CC[C@H]2[C@@H]1CCN2Cc1cnc(N2CCOCC2)s1. The Hall–Kier alpha value is -1.22. The van der Waals surface area contributed by atoms with Crippen molar-refractivity contribution in [3.05, 3.63) is 11.1 Å². The summed E-state index contributed by atoms with van der Waals surface area (Å²) in [6.45, 7) is 9.27. The summed E-state index contributed by atoms with van der Waals surface area (Å²) in [5, 5.41) is 1.12. The van der Waals surface area contributed by atoms with E-state index in [1.165, 1.54) is 4.88 Å². The number of aromatic nitrogens is 1. The molecule has 3 saturated heterocycles. The fourth-order valence-electron chi connectivity index (χ4n) is 4.40. The number of likely N-dealkylation sites (tertiary alicyclic amines) is 2. The average molecular weight is 381 g/mol. The number of carbonyl (C=O) groups excluding carboxylic acids is 1. The zero-order valence-corrected chi connectivity index (χ0v) is 16.2. The van der Waals surface area contributed by atoms with Gasteiger partial charge in [0.2, 0.25) is 0 Å². The van der Waals surface area contributed by atoms with E-state index in [2.05, 4.69) is 19.7 Å². The summed E-state index contributed by atoms with van der Waals surface area (Å²) in [7, 11) is 0. The van der Waals surface area contributed by atoms with Crippen LogP contribution >= 0.6 is 11.3 Å². The Morgan fingerprint density at radius 2 is 1.96 bits per heavy atom. The van der Waals surface area contributed by atoms with Crippen molar-refractivity contribution in [2.24, 2.45) is 0 Å². The molecule has 4 rings (SSSR count). The molecule has 4 heterocycles. The number of thiazole rings is 1. The molecule has 0 unspecified atom stereocenters. The lowest BCUT2D eigenvalue weighted by Gasteiger charge is -2.26. The van der Waals surface area contributed by atoms with Gasteiger partial charge in [0.25, 0.3) is 0 Å². The molecule has 0 N–H and O–H groups in total. The van der Waals surface area contributed by atoms with Gasteiger partial charge >= 0.3 is 5.97 Å². The molecule has 0 radical (unpaired) electrons. The third kappa shape index (κ3) is 3.88. The Bertz CT molecular complexity index is 619. The number of fused-ring (bicyclic) bond motifs is 1. The van der Waals surface area contributed by atoms with Crippen LogP contribution in [0.5, 0.6) is 0 Å². The molecule has 0 spiro atoms. The van der Waals surface area contributed by atoms with Gasteiger partial charge in [-0.2, -0.15) is 0 Å². The second-order valence-electron chi connectivity index (χ2n) is 7.17. The molecule has 0 amide bonds. The Kier molecular flexibility index (Phi) is 5.73. The Labute approximate surface area is 158 Å². The average Bonchev–Trinajstić information content (AvgIpc) is 3.36. The molecule has 8 heteroatoms. The highest BCUT2D eigenvalue weighted by molar-refractivity contribution is 7.15. The first kappa shape index (κ1) is 18.2. The second-order valence-corrected chi connectivity index (χ2v) is 8.26. The highest BCUT2D eigenvalue weighted by Crippen LogP contribution is 2.34. The van der Waals surface area contributed by atoms with Gasteiger partial charge in [-0.25, -0.2) is 4.98 Å². The van der Waals surface area contributed by atoms with Crippen molar-refractivity contribution < 1.29 is 14.3 Å². The smallest absolute Gasteiger partial charge is 0.320 e. The van der Waals surface area contributed by atoms with Crippen molar-refractivity contribution in [1.82, 2.24) is 14.8 Å². The molecule has 0 bridgehead atoms. The molecular formula is C18H28N4O3S. The van der Waals surface area contributed by atoms with E-state index in [9.17, 15) is 4.79 Å². The van der Waals surface area contributed by atoms with Gasteiger partial charge in [0.1, 0.15) is 0 Å². The number of nitrogens with zero attached hydrogens (tertiary/aromatic N) is 4. The molecule has 3 aliphatic rings. The monoisotopic (exact) mass is 380 g/mol. The number of hydrogen-bond donors (Lipinski definition) is 0.